The van der Waals surface area contributed by atoms with Gasteiger partial charge in [-0.25, -0.2) is 4.79 Å². The standard InChI is InChI=1S/C29H25NO6/c1-20(24-14-8-9-15-26(24)30(33)34)19-35-29(32)36-23-16-17-25(27(31)18-23)28(21-10-4-2-5-11-21)22-12-6-3-7-13-22/h2-18,20,28,31H,19H2,1H3. The molecule has 0 saturated carbocycles. The number of hydrogen-bond acceptors (Lipinski definition) is 6. The van der Waals surface area contributed by atoms with Crippen LogP contribution in [0.5, 0.6) is 11.5 Å². The molecular weight excluding hydrogens is 458 g/mol. The molecule has 1 N–H and O–H groups in total. The normalized spacial score (nSPS) is 11.6. The van der Waals surface area contributed by atoms with Crippen molar-refractivity contribution in [2.24, 2.45) is 0 Å². The number of benzene rings is 4. The minimum absolute atomic E-state index is 0.0220. The molecule has 0 aromatic heterocycles. The Bertz CT molecular complexity index is 1300. The summed E-state index contributed by atoms with van der Waals surface area (Å²) in [7, 11) is 0. The molecule has 1 atom stereocenters. The van der Waals surface area contributed by atoms with Gasteiger partial charge in [0, 0.05) is 35.1 Å². The average Bonchev–Trinajstić information content (AvgIpc) is 2.90. The summed E-state index contributed by atoms with van der Waals surface area (Å²) in [4.78, 5) is 23.1. The highest BCUT2D eigenvalue weighted by molar-refractivity contribution is 5.64. The van der Waals surface area contributed by atoms with Crippen LogP contribution in [0.15, 0.2) is 103 Å². The smallest absolute Gasteiger partial charge is 0.507 e. The second-order valence-electron chi connectivity index (χ2n) is 8.36. The van der Waals surface area contributed by atoms with Gasteiger partial charge in [-0.2, -0.15) is 0 Å². The highest BCUT2D eigenvalue weighted by Crippen LogP contribution is 2.38. The van der Waals surface area contributed by atoms with Crippen molar-refractivity contribution in [3.8, 4) is 11.5 Å². The lowest BCUT2D eigenvalue weighted by molar-refractivity contribution is -0.385. The van der Waals surface area contributed by atoms with Crippen LogP contribution in [0.1, 0.15) is 41.0 Å². The van der Waals surface area contributed by atoms with E-state index >= 15 is 0 Å². The van der Waals surface area contributed by atoms with Crippen LogP contribution in [-0.2, 0) is 4.74 Å². The maximum atomic E-state index is 12.3. The molecule has 4 aromatic rings. The zero-order valence-electron chi connectivity index (χ0n) is 19.6. The number of nitrogens with zero attached hydrogens (tertiary/aromatic N) is 1. The van der Waals surface area contributed by atoms with E-state index in [-0.39, 0.29) is 29.7 Å². The maximum absolute atomic E-state index is 12.3. The van der Waals surface area contributed by atoms with Crippen molar-refractivity contribution >= 4 is 11.8 Å². The first-order valence-corrected chi connectivity index (χ1v) is 11.4. The van der Waals surface area contributed by atoms with Gasteiger partial charge in [-0.15, -0.1) is 0 Å². The number of nitro groups is 1. The summed E-state index contributed by atoms with van der Waals surface area (Å²) in [5.74, 6) is -0.519. The van der Waals surface area contributed by atoms with E-state index in [1.807, 2.05) is 60.7 Å². The SMILES string of the molecule is CC(COC(=O)Oc1ccc(C(c2ccccc2)c2ccccc2)c(O)c1)c1ccccc1[N+](=O)[O-]. The first kappa shape index (κ1) is 24.5. The van der Waals surface area contributed by atoms with E-state index in [1.54, 1.807) is 37.3 Å². The number of nitro benzene ring substituents is 1. The molecule has 36 heavy (non-hydrogen) atoms. The van der Waals surface area contributed by atoms with Gasteiger partial charge in [0.1, 0.15) is 18.1 Å². The van der Waals surface area contributed by atoms with Gasteiger partial charge in [0.15, 0.2) is 0 Å². The quantitative estimate of drug-likeness (QED) is 0.0973. The summed E-state index contributed by atoms with van der Waals surface area (Å²) < 4.78 is 10.4. The Kier molecular flexibility index (Phi) is 7.60. The largest absolute Gasteiger partial charge is 0.513 e. The summed E-state index contributed by atoms with van der Waals surface area (Å²) in [5, 5.41) is 22.1. The van der Waals surface area contributed by atoms with E-state index in [9.17, 15) is 20.0 Å². The fourth-order valence-electron chi connectivity index (χ4n) is 4.15. The van der Waals surface area contributed by atoms with Crippen LogP contribution in [0.3, 0.4) is 0 Å². The Balaban J connectivity index is 1.47. The number of phenols is 1. The Morgan fingerprint density at radius 3 is 2.03 bits per heavy atom. The fourth-order valence-corrected chi connectivity index (χ4v) is 4.15. The van der Waals surface area contributed by atoms with Gasteiger partial charge < -0.3 is 14.6 Å². The van der Waals surface area contributed by atoms with Gasteiger partial charge >= 0.3 is 6.16 Å². The first-order valence-electron chi connectivity index (χ1n) is 11.4. The molecule has 0 aliphatic heterocycles. The van der Waals surface area contributed by atoms with Crippen molar-refractivity contribution in [1.29, 1.82) is 0 Å². The van der Waals surface area contributed by atoms with Crippen molar-refractivity contribution in [3.05, 3.63) is 135 Å². The number of aromatic hydroxyl groups is 1. The maximum Gasteiger partial charge on any atom is 0.513 e. The van der Waals surface area contributed by atoms with Gasteiger partial charge in [-0.05, 0) is 17.2 Å². The Hall–Kier alpha value is -4.65. The molecule has 4 rings (SSSR count). The van der Waals surface area contributed by atoms with Crippen LogP contribution < -0.4 is 4.74 Å². The molecule has 7 nitrogen and oxygen atoms in total. The summed E-state index contributed by atoms with van der Waals surface area (Å²) in [6, 6.07) is 30.7. The summed E-state index contributed by atoms with van der Waals surface area (Å²) >= 11 is 0. The molecule has 4 aromatic carbocycles. The highest BCUT2D eigenvalue weighted by Gasteiger charge is 2.22. The van der Waals surface area contributed by atoms with Crippen molar-refractivity contribution in [1.82, 2.24) is 0 Å². The van der Waals surface area contributed by atoms with E-state index in [1.165, 1.54) is 12.1 Å². The third-order valence-electron chi connectivity index (χ3n) is 5.90. The summed E-state index contributed by atoms with van der Waals surface area (Å²) in [6.07, 6.45) is -0.963. The molecule has 0 amide bonds. The van der Waals surface area contributed by atoms with Gasteiger partial charge in [0.05, 0.1) is 4.92 Å². The molecule has 0 aliphatic carbocycles. The van der Waals surface area contributed by atoms with Gasteiger partial charge in [0.25, 0.3) is 5.69 Å². The molecule has 0 radical (unpaired) electrons. The van der Waals surface area contributed by atoms with Crippen LogP contribution in [0.4, 0.5) is 10.5 Å². The zero-order chi connectivity index (χ0) is 25.5. The van der Waals surface area contributed by atoms with E-state index in [4.69, 9.17) is 9.47 Å². The second-order valence-corrected chi connectivity index (χ2v) is 8.36. The fraction of sp³-hybridized carbons (Fsp3) is 0.138. The topological polar surface area (TPSA) is 98.9 Å². The number of carbonyl (C=O) groups is 1. The van der Waals surface area contributed by atoms with Crippen LogP contribution in [0.25, 0.3) is 0 Å². The number of para-hydroxylation sites is 1. The third kappa shape index (κ3) is 5.70. The third-order valence-corrected chi connectivity index (χ3v) is 5.90. The van der Waals surface area contributed by atoms with Crippen molar-refractivity contribution in [2.75, 3.05) is 6.61 Å². The van der Waals surface area contributed by atoms with Crippen LogP contribution >= 0.6 is 0 Å². The minimum Gasteiger partial charge on any atom is -0.507 e. The van der Waals surface area contributed by atoms with Gasteiger partial charge in [0.2, 0.25) is 0 Å². The van der Waals surface area contributed by atoms with Crippen LogP contribution in [-0.4, -0.2) is 22.8 Å². The lowest BCUT2D eigenvalue weighted by atomic mass is 9.84. The lowest BCUT2D eigenvalue weighted by Gasteiger charge is -2.20. The molecule has 182 valence electrons. The monoisotopic (exact) mass is 483 g/mol. The Morgan fingerprint density at radius 1 is 0.861 bits per heavy atom. The van der Waals surface area contributed by atoms with Crippen LogP contribution in [0, 0.1) is 10.1 Å². The average molecular weight is 484 g/mol. The number of ether oxygens (including phenoxy) is 2. The summed E-state index contributed by atoms with van der Waals surface area (Å²) in [5.41, 5.74) is 3.12. The Morgan fingerprint density at radius 2 is 1.44 bits per heavy atom. The van der Waals surface area contributed by atoms with Crippen molar-refractivity contribution < 1.29 is 24.3 Å². The number of rotatable bonds is 8. The zero-order valence-corrected chi connectivity index (χ0v) is 19.6. The van der Waals surface area contributed by atoms with E-state index in [2.05, 4.69) is 0 Å². The molecular formula is C29H25NO6. The molecule has 0 fully saturated rings. The number of hydrogen-bond donors (Lipinski definition) is 1. The predicted molar refractivity (Wildman–Crippen MR) is 135 cm³/mol. The molecule has 7 heteroatoms. The minimum atomic E-state index is -0.963. The van der Waals surface area contributed by atoms with Crippen molar-refractivity contribution in [2.45, 2.75) is 18.8 Å². The second kappa shape index (κ2) is 11.2. The highest BCUT2D eigenvalue weighted by atomic mass is 16.7. The molecule has 0 bridgehead atoms. The van der Waals surface area contributed by atoms with E-state index < -0.39 is 17.0 Å². The molecule has 0 saturated heterocycles. The first-order chi connectivity index (χ1) is 17.4. The predicted octanol–water partition coefficient (Wildman–Crippen LogP) is 6.80. The molecule has 0 aliphatic rings. The summed E-state index contributed by atoms with van der Waals surface area (Å²) in [6.45, 7) is 1.63. The van der Waals surface area contributed by atoms with Gasteiger partial charge in [-0.1, -0.05) is 91.9 Å². The number of carbonyl (C=O) groups excluding carboxylic acids is 1. The lowest BCUT2D eigenvalue weighted by Crippen LogP contribution is -2.15. The van der Waals surface area contributed by atoms with E-state index in [0.717, 1.165) is 11.1 Å². The Labute approximate surface area is 208 Å². The van der Waals surface area contributed by atoms with Crippen molar-refractivity contribution in [3.63, 3.8) is 0 Å². The molecule has 0 spiro atoms. The molecule has 1 unspecified atom stereocenters. The van der Waals surface area contributed by atoms with Gasteiger partial charge in [-0.3, -0.25) is 10.1 Å². The molecule has 0 heterocycles. The van der Waals surface area contributed by atoms with E-state index in [0.29, 0.717) is 11.1 Å². The number of phenolic OH excluding ortho intramolecular Hbond substituents is 1. The van der Waals surface area contributed by atoms with Crippen LogP contribution in [0.2, 0.25) is 0 Å².